The summed E-state index contributed by atoms with van der Waals surface area (Å²) in [5.74, 6) is -2.76. The van der Waals surface area contributed by atoms with E-state index in [2.05, 4.69) is 0 Å². The first-order valence-corrected chi connectivity index (χ1v) is 9.57. The fourth-order valence-electron chi connectivity index (χ4n) is 4.05. The summed E-state index contributed by atoms with van der Waals surface area (Å²) >= 11 is 0. The van der Waals surface area contributed by atoms with E-state index in [0.29, 0.717) is 6.54 Å². The number of hydrogen-bond donors (Lipinski definition) is 0. The molecule has 0 aromatic heterocycles. The number of amides is 1. The van der Waals surface area contributed by atoms with Gasteiger partial charge in [-0.15, -0.1) is 0 Å². The van der Waals surface area contributed by atoms with Crippen LogP contribution in [0, 0.1) is 11.8 Å². The van der Waals surface area contributed by atoms with Crippen molar-refractivity contribution in [3.8, 4) is 0 Å². The predicted octanol–water partition coefficient (Wildman–Crippen LogP) is 2.78. The normalized spacial score (nSPS) is 21.5. The second-order valence-electron chi connectivity index (χ2n) is 7.16. The van der Waals surface area contributed by atoms with E-state index in [-0.39, 0.29) is 24.8 Å². The smallest absolute Gasteiger partial charge is 0.311 e. The van der Waals surface area contributed by atoms with Gasteiger partial charge in [0.25, 0.3) is 0 Å². The molecule has 1 aliphatic heterocycles. The number of ether oxygens (including phenoxy) is 2. The highest BCUT2D eigenvalue weighted by molar-refractivity contribution is 5.88. The van der Waals surface area contributed by atoms with Crippen molar-refractivity contribution in [3.05, 3.63) is 71.8 Å². The molecule has 1 fully saturated rings. The first-order chi connectivity index (χ1) is 14.0. The molecule has 6 nitrogen and oxygen atoms in total. The van der Waals surface area contributed by atoms with E-state index in [4.69, 9.17) is 9.47 Å². The number of piperidine rings is 1. The minimum Gasteiger partial charge on any atom is -0.469 e. The zero-order valence-corrected chi connectivity index (χ0v) is 16.6. The Balaban J connectivity index is 2.00. The maximum atomic E-state index is 13.4. The number of carbonyl (C=O) groups is 3. The summed E-state index contributed by atoms with van der Waals surface area (Å²) in [5.41, 5.74) is 1.80. The third kappa shape index (κ3) is 4.65. The zero-order valence-electron chi connectivity index (χ0n) is 16.6. The fraction of sp³-hybridized carbons (Fsp3) is 0.348. The molecule has 3 rings (SSSR count). The second kappa shape index (κ2) is 9.37. The number of likely N-dealkylation sites (tertiary alicyclic amines) is 1. The molecule has 1 heterocycles. The lowest BCUT2D eigenvalue weighted by molar-refractivity contribution is -0.159. The van der Waals surface area contributed by atoms with Crippen LogP contribution in [0.25, 0.3) is 0 Å². The monoisotopic (exact) mass is 395 g/mol. The molecule has 1 saturated heterocycles. The Hall–Kier alpha value is -3.15. The molecule has 1 amide bonds. The zero-order chi connectivity index (χ0) is 20.8. The highest BCUT2D eigenvalue weighted by atomic mass is 16.5. The maximum Gasteiger partial charge on any atom is 0.311 e. The second-order valence-corrected chi connectivity index (χ2v) is 7.16. The van der Waals surface area contributed by atoms with Crippen molar-refractivity contribution in [2.75, 3.05) is 20.8 Å². The molecule has 3 atom stereocenters. The molecule has 0 aliphatic carbocycles. The standard InChI is InChI=1S/C23H25NO5/c1-28-20(25)13-18-21(17-11-7-4-8-12-17)19(23(27)29-2)15-24(22(18)26)14-16-9-5-3-6-10-16/h3-12,18-19,21H,13-15H2,1-2H3/t18?,19-,21+/m1/s1. The highest BCUT2D eigenvalue weighted by Crippen LogP contribution is 2.41. The highest BCUT2D eigenvalue weighted by Gasteiger charge is 2.47. The van der Waals surface area contributed by atoms with Gasteiger partial charge in [0.2, 0.25) is 5.91 Å². The molecule has 2 aromatic rings. The summed E-state index contributed by atoms with van der Waals surface area (Å²) in [6.45, 7) is 0.601. The van der Waals surface area contributed by atoms with Gasteiger partial charge >= 0.3 is 11.9 Å². The first-order valence-electron chi connectivity index (χ1n) is 9.57. The van der Waals surface area contributed by atoms with Crippen LogP contribution < -0.4 is 0 Å². The van der Waals surface area contributed by atoms with Crippen LogP contribution in [0.2, 0.25) is 0 Å². The van der Waals surface area contributed by atoms with Crippen LogP contribution >= 0.6 is 0 Å². The summed E-state index contributed by atoms with van der Waals surface area (Å²) in [5, 5.41) is 0. The number of methoxy groups -OCH3 is 2. The molecule has 0 spiro atoms. The average Bonchev–Trinajstić information content (AvgIpc) is 2.76. The summed E-state index contributed by atoms with van der Waals surface area (Å²) in [6, 6.07) is 18.9. The lowest BCUT2D eigenvalue weighted by Crippen LogP contribution is -2.52. The van der Waals surface area contributed by atoms with E-state index < -0.39 is 23.7 Å². The Morgan fingerprint density at radius 3 is 2.17 bits per heavy atom. The van der Waals surface area contributed by atoms with Crippen LogP contribution in [-0.2, 0) is 30.4 Å². The van der Waals surface area contributed by atoms with Gasteiger partial charge in [-0.05, 0) is 11.1 Å². The van der Waals surface area contributed by atoms with Crippen molar-refractivity contribution in [3.63, 3.8) is 0 Å². The molecule has 152 valence electrons. The molecular weight excluding hydrogens is 370 g/mol. The Labute approximate surface area is 170 Å². The van der Waals surface area contributed by atoms with Gasteiger partial charge in [-0.25, -0.2) is 0 Å². The van der Waals surface area contributed by atoms with Gasteiger partial charge in [0.15, 0.2) is 0 Å². The number of carbonyl (C=O) groups excluding carboxylic acids is 3. The first kappa shape index (κ1) is 20.6. The number of hydrogen-bond acceptors (Lipinski definition) is 5. The predicted molar refractivity (Wildman–Crippen MR) is 107 cm³/mol. The molecule has 2 aromatic carbocycles. The van der Waals surface area contributed by atoms with Crippen molar-refractivity contribution >= 4 is 17.8 Å². The minimum atomic E-state index is -0.702. The Bertz CT molecular complexity index is 852. The lowest BCUT2D eigenvalue weighted by atomic mass is 9.71. The van der Waals surface area contributed by atoms with Crippen molar-refractivity contribution in [2.45, 2.75) is 18.9 Å². The molecule has 0 bridgehead atoms. The van der Waals surface area contributed by atoms with E-state index in [1.807, 2.05) is 60.7 Å². The summed E-state index contributed by atoms with van der Waals surface area (Å²) < 4.78 is 9.90. The van der Waals surface area contributed by atoms with E-state index in [0.717, 1.165) is 11.1 Å². The van der Waals surface area contributed by atoms with Crippen LogP contribution in [0.4, 0.5) is 0 Å². The van der Waals surface area contributed by atoms with Gasteiger partial charge in [0, 0.05) is 19.0 Å². The van der Waals surface area contributed by atoms with Crippen LogP contribution in [0.1, 0.15) is 23.5 Å². The van der Waals surface area contributed by atoms with Crippen LogP contribution in [0.5, 0.6) is 0 Å². The van der Waals surface area contributed by atoms with E-state index in [9.17, 15) is 14.4 Å². The summed E-state index contributed by atoms with van der Waals surface area (Å²) in [7, 11) is 2.64. The van der Waals surface area contributed by atoms with Gasteiger partial charge in [0.1, 0.15) is 0 Å². The SMILES string of the molecule is COC(=O)CC1C(=O)N(Cc2ccccc2)C[C@@H](C(=O)OC)[C@H]1c1ccccc1. The summed E-state index contributed by atoms with van der Waals surface area (Å²) in [6.07, 6.45) is -0.0896. The number of nitrogens with zero attached hydrogens (tertiary/aromatic N) is 1. The fourth-order valence-corrected chi connectivity index (χ4v) is 4.05. The topological polar surface area (TPSA) is 72.9 Å². The van der Waals surface area contributed by atoms with Gasteiger partial charge in [-0.2, -0.15) is 0 Å². The van der Waals surface area contributed by atoms with Crippen molar-refractivity contribution < 1.29 is 23.9 Å². The van der Waals surface area contributed by atoms with Gasteiger partial charge < -0.3 is 14.4 Å². The van der Waals surface area contributed by atoms with Gasteiger partial charge in [0.05, 0.1) is 32.5 Å². The van der Waals surface area contributed by atoms with E-state index in [1.54, 1.807) is 4.90 Å². The molecule has 1 aliphatic rings. The quantitative estimate of drug-likeness (QED) is 0.704. The Kier molecular flexibility index (Phi) is 6.65. The van der Waals surface area contributed by atoms with E-state index in [1.165, 1.54) is 14.2 Å². The third-order valence-electron chi connectivity index (χ3n) is 5.43. The minimum absolute atomic E-state index is 0.0896. The van der Waals surface area contributed by atoms with Crippen LogP contribution in [0.3, 0.4) is 0 Å². The van der Waals surface area contributed by atoms with Gasteiger partial charge in [-0.3, -0.25) is 14.4 Å². The molecular formula is C23H25NO5. The molecule has 29 heavy (non-hydrogen) atoms. The average molecular weight is 395 g/mol. The van der Waals surface area contributed by atoms with Crippen molar-refractivity contribution in [1.82, 2.24) is 4.90 Å². The molecule has 6 heteroatoms. The lowest BCUT2D eigenvalue weighted by Gasteiger charge is -2.42. The van der Waals surface area contributed by atoms with Crippen LogP contribution in [-0.4, -0.2) is 43.5 Å². The third-order valence-corrected chi connectivity index (χ3v) is 5.43. The Morgan fingerprint density at radius 1 is 0.966 bits per heavy atom. The molecule has 0 radical (unpaired) electrons. The molecule has 1 unspecified atom stereocenters. The number of benzene rings is 2. The van der Waals surface area contributed by atoms with E-state index >= 15 is 0 Å². The molecule has 0 saturated carbocycles. The van der Waals surface area contributed by atoms with Crippen molar-refractivity contribution in [1.29, 1.82) is 0 Å². The van der Waals surface area contributed by atoms with Crippen molar-refractivity contribution in [2.24, 2.45) is 11.8 Å². The summed E-state index contributed by atoms with van der Waals surface area (Å²) in [4.78, 5) is 39.8. The number of rotatable bonds is 6. The molecule has 0 N–H and O–H groups in total. The number of esters is 2. The Morgan fingerprint density at radius 2 is 1.59 bits per heavy atom. The largest absolute Gasteiger partial charge is 0.469 e. The van der Waals surface area contributed by atoms with Crippen LogP contribution in [0.15, 0.2) is 60.7 Å². The maximum absolute atomic E-state index is 13.4. The van der Waals surface area contributed by atoms with Gasteiger partial charge in [-0.1, -0.05) is 60.7 Å².